The van der Waals surface area contributed by atoms with E-state index in [1.807, 2.05) is 43.3 Å². The summed E-state index contributed by atoms with van der Waals surface area (Å²) >= 11 is 0. The van der Waals surface area contributed by atoms with Gasteiger partial charge in [0.15, 0.2) is 0 Å². The fraction of sp³-hybridized carbons (Fsp3) is 0.125. The average molecular weight is 265 g/mol. The zero-order valence-electron chi connectivity index (χ0n) is 11.4. The maximum atomic E-state index is 5.24. The van der Waals surface area contributed by atoms with Gasteiger partial charge in [0.1, 0.15) is 11.6 Å². The van der Waals surface area contributed by atoms with Crippen molar-refractivity contribution >= 4 is 22.3 Å². The van der Waals surface area contributed by atoms with E-state index in [4.69, 9.17) is 4.74 Å². The highest BCUT2D eigenvalue weighted by Crippen LogP contribution is 2.27. The Hall–Kier alpha value is -2.62. The maximum absolute atomic E-state index is 5.24. The first kappa shape index (κ1) is 12.4. The number of hydrogen-bond donors (Lipinski definition) is 1. The van der Waals surface area contributed by atoms with Gasteiger partial charge in [0.05, 0.1) is 19.0 Å². The van der Waals surface area contributed by atoms with Gasteiger partial charge in [0, 0.05) is 17.3 Å². The minimum absolute atomic E-state index is 0.816. The maximum Gasteiger partial charge on any atom is 0.138 e. The summed E-state index contributed by atoms with van der Waals surface area (Å²) in [6.07, 6.45) is 3.59. The number of fused-ring (bicyclic) bond motifs is 1. The van der Waals surface area contributed by atoms with Crippen LogP contribution >= 0.6 is 0 Å². The topological polar surface area (TPSA) is 47.0 Å². The summed E-state index contributed by atoms with van der Waals surface area (Å²) in [6.45, 7) is 1.96. The van der Waals surface area contributed by atoms with Gasteiger partial charge in [-0.15, -0.1) is 0 Å². The van der Waals surface area contributed by atoms with Gasteiger partial charge in [-0.05, 0) is 48.7 Å². The van der Waals surface area contributed by atoms with Crippen molar-refractivity contribution in [3.05, 3.63) is 54.5 Å². The molecule has 3 rings (SSSR count). The van der Waals surface area contributed by atoms with E-state index in [1.165, 1.54) is 0 Å². The lowest BCUT2D eigenvalue weighted by Crippen LogP contribution is -1.95. The predicted molar refractivity (Wildman–Crippen MR) is 80.6 cm³/mol. The normalized spacial score (nSPS) is 10.5. The van der Waals surface area contributed by atoms with Gasteiger partial charge in [-0.1, -0.05) is 0 Å². The molecule has 4 nitrogen and oxygen atoms in total. The third-order valence-corrected chi connectivity index (χ3v) is 3.15. The molecule has 4 heteroatoms. The van der Waals surface area contributed by atoms with Crippen LogP contribution in [0.3, 0.4) is 0 Å². The molecule has 0 aliphatic rings. The van der Waals surface area contributed by atoms with E-state index in [0.29, 0.717) is 0 Å². The van der Waals surface area contributed by atoms with E-state index in [-0.39, 0.29) is 0 Å². The molecular formula is C16H15N3O. The van der Waals surface area contributed by atoms with Gasteiger partial charge in [-0.2, -0.15) is 0 Å². The Balaban J connectivity index is 2.01. The highest BCUT2D eigenvalue weighted by atomic mass is 16.5. The molecule has 0 saturated heterocycles. The van der Waals surface area contributed by atoms with Crippen LogP contribution in [0.15, 0.2) is 48.8 Å². The van der Waals surface area contributed by atoms with Crippen LogP contribution in [0.4, 0.5) is 11.5 Å². The third-order valence-electron chi connectivity index (χ3n) is 3.15. The van der Waals surface area contributed by atoms with Crippen LogP contribution in [0.5, 0.6) is 5.75 Å². The number of benzene rings is 1. The van der Waals surface area contributed by atoms with E-state index in [2.05, 4.69) is 15.3 Å². The number of aromatic nitrogens is 2. The van der Waals surface area contributed by atoms with Crippen molar-refractivity contribution < 1.29 is 4.74 Å². The van der Waals surface area contributed by atoms with Crippen LogP contribution in [0.1, 0.15) is 5.69 Å². The molecule has 2 heterocycles. The fourth-order valence-electron chi connectivity index (χ4n) is 2.06. The smallest absolute Gasteiger partial charge is 0.138 e. The van der Waals surface area contributed by atoms with Gasteiger partial charge < -0.3 is 10.1 Å². The molecule has 20 heavy (non-hydrogen) atoms. The summed E-state index contributed by atoms with van der Waals surface area (Å²) in [4.78, 5) is 8.67. The number of methoxy groups -OCH3 is 1. The molecule has 0 unspecified atom stereocenters. The zero-order valence-corrected chi connectivity index (χ0v) is 11.4. The number of anilines is 2. The SMILES string of the molecule is COc1ccc2c(Nc3ccc(C)nc3)nccc2c1. The quantitative estimate of drug-likeness (QED) is 0.784. The van der Waals surface area contributed by atoms with Gasteiger partial charge in [-0.3, -0.25) is 4.98 Å². The van der Waals surface area contributed by atoms with E-state index < -0.39 is 0 Å². The second-order valence-corrected chi connectivity index (χ2v) is 4.56. The standard InChI is InChI=1S/C16H15N3O/c1-11-3-4-13(10-18-11)19-16-15-6-5-14(20-2)9-12(15)7-8-17-16/h3-10H,1-2H3,(H,17,19). The number of aryl methyl sites for hydroxylation is 1. The fourth-order valence-corrected chi connectivity index (χ4v) is 2.06. The van der Waals surface area contributed by atoms with Crippen molar-refractivity contribution in [2.45, 2.75) is 6.92 Å². The highest BCUT2D eigenvalue weighted by molar-refractivity contribution is 5.93. The molecule has 0 aliphatic heterocycles. The van der Waals surface area contributed by atoms with Crippen molar-refractivity contribution in [1.29, 1.82) is 0 Å². The van der Waals surface area contributed by atoms with Gasteiger partial charge in [0.25, 0.3) is 0 Å². The lowest BCUT2D eigenvalue weighted by atomic mass is 10.1. The Kier molecular flexibility index (Phi) is 3.21. The van der Waals surface area contributed by atoms with Crippen LogP contribution in [0.25, 0.3) is 10.8 Å². The summed E-state index contributed by atoms with van der Waals surface area (Å²) < 4.78 is 5.24. The minimum Gasteiger partial charge on any atom is -0.497 e. The van der Waals surface area contributed by atoms with Crippen LogP contribution in [0, 0.1) is 6.92 Å². The largest absolute Gasteiger partial charge is 0.497 e. The lowest BCUT2D eigenvalue weighted by Gasteiger charge is -2.09. The molecule has 0 saturated carbocycles. The Morgan fingerprint density at radius 3 is 2.70 bits per heavy atom. The monoisotopic (exact) mass is 265 g/mol. The summed E-state index contributed by atoms with van der Waals surface area (Å²) in [6, 6.07) is 11.9. The van der Waals surface area contributed by atoms with Gasteiger partial charge >= 0.3 is 0 Å². The molecule has 1 N–H and O–H groups in total. The number of pyridine rings is 2. The molecule has 1 aromatic carbocycles. The Labute approximate surface area is 117 Å². The molecule has 3 aromatic rings. The first-order valence-electron chi connectivity index (χ1n) is 6.39. The molecular weight excluding hydrogens is 250 g/mol. The molecule has 100 valence electrons. The lowest BCUT2D eigenvalue weighted by molar-refractivity contribution is 0.415. The molecule has 0 bridgehead atoms. The molecule has 0 aliphatic carbocycles. The molecule has 0 spiro atoms. The molecule has 0 atom stereocenters. The van der Waals surface area contributed by atoms with Crippen molar-refractivity contribution in [1.82, 2.24) is 9.97 Å². The summed E-state index contributed by atoms with van der Waals surface area (Å²) in [7, 11) is 1.67. The first-order valence-corrected chi connectivity index (χ1v) is 6.39. The van der Waals surface area contributed by atoms with Crippen molar-refractivity contribution in [3.8, 4) is 5.75 Å². The van der Waals surface area contributed by atoms with Gasteiger partial charge in [0.2, 0.25) is 0 Å². The first-order chi connectivity index (χ1) is 9.76. The van der Waals surface area contributed by atoms with Crippen molar-refractivity contribution in [3.63, 3.8) is 0 Å². The highest BCUT2D eigenvalue weighted by Gasteiger charge is 2.04. The number of ether oxygens (including phenoxy) is 1. The van der Waals surface area contributed by atoms with E-state index in [1.54, 1.807) is 19.5 Å². The van der Waals surface area contributed by atoms with Crippen LogP contribution in [0.2, 0.25) is 0 Å². The second-order valence-electron chi connectivity index (χ2n) is 4.56. The number of nitrogens with zero attached hydrogens (tertiary/aromatic N) is 2. The zero-order chi connectivity index (χ0) is 13.9. The van der Waals surface area contributed by atoms with E-state index in [9.17, 15) is 0 Å². The number of rotatable bonds is 3. The molecule has 0 amide bonds. The Morgan fingerprint density at radius 2 is 1.95 bits per heavy atom. The minimum atomic E-state index is 0.816. The van der Waals surface area contributed by atoms with Crippen molar-refractivity contribution in [2.75, 3.05) is 12.4 Å². The Morgan fingerprint density at radius 1 is 1.05 bits per heavy atom. The van der Waals surface area contributed by atoms with E-state index >= 15 is 0 Å². The van der Waals surface area contributed by atoms with Crippen LogP contribution < -0.4 is 10.1 Å². The van der Waals surface area contributed by atoms with Crippen LogP contribution in [-0.4, -0.2) is 17.1 Å². The predicted octanol–water partition coefficient (Wildman–Crippen LogP) is 3.69. The summed E-state index contributed by atoms with van der Waals surface area (Å²) in [5.41, 5.74) is 1.91. The molecule has 0 radical (unpaired) electrons. The second kappa shape index (κ2) is 5.17. The van der Waals surface area contributed by atoms with E-state index in [0.717, 1.165) is 33.7 Å². The summed E-state index contributed by atoms with van der Waals surface area (Å²) in [5, 5.41) is 5.43. The molecule has 2 aromatic heterocycles. The average Bonchev–Trinajstić information content (AvgIpc) is 2.49. The van der Waals surface area contributed by atoms with Crippen LogP contribution in [-0.2, 0) is 0 Å². The molecule has 0 fully saturated rings. The Bertz CT molecular complexity index is 738. The number of hydrogen-bond acceptors (Lipinski definition) is 4. The summed E-state index contributed by atoms with van der Waals surface area (Å²) in [5.74, 6) is 1.66. The van der Waals surface area contributed by atoms with Gasteiger partial charge in [-0.25, -0.2) is 4.98 Å². The third kappa shape index (κ3) is 2.40. The number of nitrogens with one attached hydrogen (secondary N) is 1. The van der Waals surface area contributed by atoms with Crippen molar-refractivity contribution in [2.24, 2.45) is 0 Å².